The molecule has 0 aromatic heterocycles. The number of amides is 1. The minimum atomic E-state index is -0.461. The van der Waals surface area contributed by atoms with Gasteiger partial charge in [0.25, 0.3) is 5.91 Å². The Hall–Kier alpha value is -1.90. The molecule has 0 saturated carbocycles. The van der Waals surface area contributed by atoms with E-state index in [1.807, 2.05) is 7.05 Å². The molecule has 106 valence electrons. The van der Waals surface area contributed by atoms with Crippen LogP contribution in [0.1, 0.15) is 15.9 Å². The van der Waals surface area contributed by atoms with Crippen LogP contribution in [0, 0.1) is 17.7 Å². The van der Waals surface area contributed by atoms with Crippen LogP contribution in [-0.2, 0) is 0 Å². The summed E-state index contributed by atoms with van der Waals surface area (Å²) in [5.41, 5.74) is 0.708. The predicted octanol–water partition coefficient (Wildman–Crippen LogP) is 0.557. The third-order valence-electron chi connectivity index (χ3n) is 3.30. The molecule has 1 heterocycles. The summed E-state index contributed by atoms with van der Waals surface area (Å²) < 4.78 is 13.4. The van der Waals surface area contributed by atoms with E-state index in [1.54, 1.807) is 4.90 Å². The minimum Gasteiger partial charge on any atom is -0.384 e. The lowest BCUT2D eigenvalue weighted by atomic mass is 10.1. The Morgan fingerprint density at radius 2 is 2.05 bits per heavy atom. The molecule has 20 heavy (non-hydrogen) atoms. The van der Waals surface area contributed by atoms with Gasteiger partial charge in [-0.3, -0.25) is 4.79 Å². The number of halogens is 1. The summed E-state index contributed by atoms with van der Waals surface area (Å²) in [6.45, 7) is 2.56. The minimum absolute atomic E-state index is 0.208. The monoisotopic (exact) mass is 276 g/mol. The second-order valence-corrected chi connectivity index (χ2v) is 4.75. The Morgan fingerprint density at radius 3 is 2.70 bits per heavy atom. The van der Waals surface area contributed by atoms with Crippen LogP contribution in [0.2, 0.25) is 0 Å². The Bertz CT molecular complexity index is 555. The van der Waals surface area contributed by atoms with Crippen molar-refractivity contribution in [2.24, 2.45) is 0 Å². The van der Waals surface area contributed by atoms with Crippen molar-refractivity contribution in [3.63, 3.8) is 0 Å². The van der Waals surface area contributed by atoms with Crippen LogP contribution in [-0.4, -0.2) is 60.6 Å². The van der Waals surface area contributed by atoms with E-state index in [9.17, 15) is 9.18 Å². The van der Waals surface area contributed by atoms with Crippen LogP contribution < -0.4 is 0 Å². The van der Waals surface area contributed by atoms with Crippen molar-refractivity contribution in [1.29, 1.82) is 0 Å². The summed E-state index contributed by atoms with van der Waals surface area (Å²) in [6, 6.07) is 3.95. The Kier molecular flexibility index (Phi) is 4.72. The molecule has 1 aliphatic heterocycles. The third kappa shape index (κ3) is 3.35. The van der Waals surface area contributed by atoms with Gasteiger partial charge in [-0.1, -0.05) is 11.8 Å². The van der Waals surface area contributed by atoms with Gasteiger partial charge in [0.1, 0.15) is 12.4 Å². The Balaban J connectivity index is 2.26. The van der Waals surface area contributed by atoms with E-state index >= 15 is 0 Å². The van der Waals surface area contributed by atoms with Crippen LogP contribution in [0.3, 0.4) is 0 Å². The average Bonchev–Trinajstić information content (AvgIpc) is 2.46. The lowest BCUT2D eigenvalue weighted by Crippen LogP contribution is -2.47. The highest BCUT2D eigenvalue weighted by atomic mass is 19.1. The van der Waals surface area contributed by atoms with Crippen LogP contribution in [0.4, 0.5) is 4.39 Å². The molecule has 1 fully saturated rings. The zero-order chi connectivity index (χ0) is 14.5. The van der Waals surface area contributed by atoms with E-state index in [0.717, 1.165) is 13.1 Å². The number of rotatable bonds is 1. The fourth-order valence-corrected chi connectivity index (χ4v) is 2.12. The van der Waals surface area contributed by atoms with E-state index in [1.165, 1.54) is 18.2 Å². The molecular weight excluding hydrogens is 259 g/mol. The summed E-state index contributed by atoms with van der Waals surface area (Å²) in [7, 11) is 2.00. The fourth-order valence-electron chi connectivity index (χ4n) is 2.12. The van der Waals surface area contributed by atoms with E-state index in [2.05, 4.69) is 16.7 Å². The smallest absolute Gasteiger partial charge is 0.255 e. The maximum absolute atomic E-state index is 13.4. The van der Waals surface area contributed by atoms with E-state index < -0.39 is 5.82 Å². The average molecular weight is 276 g/mol. The number of hydrogen-bond acceptors (Lipinski definition) is 3. The van der Waals surface area contributed by atoms with Gasteiger partial charge in [0, 0.05) is 31.7 Å². The number of aliphatic hydroxyl groups excluding tert-OH is 1. The largest absolute Gasteiger partial charge is 0.384 e. The summed E-state index contributed by atoms with van der Waals surface area (Å²) >= 11 is 0. The van der Waals surface area contributed by atoms with Crippen molar-refractivity contribution >= 4 is 5.91 Å². The van der Waals surface area contributed by atoms with Crippen molar-refractivity contribution in [2.75, 3.05) is 39.8 Å². The molecule has 0 aliphatic carbocycles. The molecule has 1 aromatic rings. The molecule has 1 saturated heterocycles. The summed E-state index contributed by atoms with van der Waals surface area (Å²) in [4.78, 5) is 16.3. The number of aliphatic hydroxyl groups is 1. The third-order valence-corrected chi connectivity index (χ3v) is 3.30. The van der Waals surface area contributed by atoms with Crippen LogP contribution in [0.5, 0.6) is 0 Å². The van der Waals surface area contributed by atoms with Gasteiger partial charge in [0.05, 0.1) is 5.56 Å². The zero-order valence-electron chi connectivity index (χ0n) is 11.4. The molecule has 1 aromatic carbocycles. The molecule has 0 atom stereocenters. The Labute approximate surface area is 117 Å². The van der Waals surface area contributed by atoms with Crippen molar-refractivity contribution < 1.29 is 14.3 Å². The molecule has 0 unspecified atom stereocenters. The van der Waals surface area contributed by atoms with Gasteiger partial charge in [-0.2, -0.15) is 0 Å². The Morgan fingerprint density at radius 1 is 1.35 bits per heavy atom. The number of carbonyl (C=O) groups is 1. The second kappa shape index (κ2) is 6.51. The van der Waals surface area contributed by atoms with Gasteiger partial charge in [-0.15, -0.1) is 0 Å². The number of likely N-dealkylation sites (N-methyl/N-ethyl adjacent to an activating group) is 1. The SMILES string of the molecule is CN1CCN(C(=O)c2cc(F)ccc2C#CCO)CC1. The normalized spacial score (nSPS) is 15.7. The van der Waals surface area contributed by atoms with Gasteiger partial charge in [0.2, 0.25) is 0 Å². The molecule has 1 aliphatic rings. The number of hydrogen-bond donors (Lipinski definition) is 1. The standard InChI is InChI=1S/C15H17FN2O2/c1-17-6-8-18(9-7-17)15(20)14-11-13(16)5-4-12(14)3-2-10-19/h4-5,11,19H,6-10H2,1H3. The highest BCUT2D eigenvalue weighted by Crippen LogP contribution is 2.14. The molecular formula is C15H17FN2O2. The first kappa shape index (κ1) is 14.5. The van der Waals surface area contributed by atoms with Gasteiger partial charge in [0.15, 0.2) is 0 Å². The van der Waals surface area contributed by atoms with Crippen molar-refractivity contribution in [1.82, 2.24) is 9.80 Å². The second-order valence-electron chi connectivity index (χ2n) is 4.75. The van der Waals surface area contributed by atoms with Gasteiger partial charge >= 0.3 is 0 Å². The highest BCUT2D eigenvalue weighted by molar-refractivity contribution is 5.96. The van der Waals surface area contributed by atoms with Crippen LogP contribution in [0.15, 0.2) is 18.2 Å². The zero-order valence-corrected chi connectivity index (χ0v) is 11.4. The molecule has 4 nitrogen and oxygen atoms in total. The van der Waals surface area contributed by atoms with E-state index in [4.69, 9.17) is 5.11 Å². The molecule has 5 heteroatoms. The fraction of sp³-hybridized carbons (Fsp3) is 0.400. The summed E-state index contributed by atoms with van der Waals surface area (Å²) in [5.74, 6) is 4.52. The quantitative estimate of drug-likeness (QED) is 0.762. The van der Waals surface area contributed by atoms with Gasteiger partial charge in [-0.05, 0) is 25.2 Å². The molecule has 1 N–H and O–H groups in total. The number of nitrogens with zero attached hydrogens (tertiary/aromatic N) is 2. The van der Waals surface area contributed by atoms with Crippen LogP contribution >= 0.6 is 0 Å². The number of benzene rings is 1. The van der Waals surface area contributed by atoms with E-state index in [-0.39, 0.29) is 18.1 Å². The maximum Gasteiger partial charge on any atom is 0.255 e. The first-order valence-electron chi connectivity index (χ1n) is 6.49. The number of piperazine rings is 1. The van der Waals surface area contributed by atoms with E-state index in [0.29, 0.717) is 18.7 Å². The molecule has 2 rings (SSSR count). The lowest BCUT2D eigenvalue weighted by molar-refractivity contribution is 0.0663. The van der Waals surface area contributed by atoms with Gasteiger partial charge in [-0.25, -0.2) is 4.39 Å². The highest BCUT2D eigenvalue weighted by Gasteiger charge is 2.22. The number of carbonyl (C=O) groups excluding carboxylic acids is 1. The first-order valence-corrected chi connectivity index (χ1v) is 6.49. The molecule has 1 amide bonds. The van der Waals surface area contributed by atoms with Crippen molar-refractivity contribution in [3.8, 4) is 11.8 Å². The van der Waals surface area contributed by atoms with Crippen molar-refractivity contribution in [2.45, 2.75) is 0 Å². The molecule has 0 radical (unpaired) electrons. The first-order chi connectivity index (χ1) is 9.61. The predicted molar refractivity (Wildman–Crippen MR) is 73.8 cm³/mol. The summed E-state index contributed by atoms with van der Waals surface area (Å²) in [6.07, 6.45) is 0. The summed E-state index contributed by atoms with van der Waals surface area (Å²) in [5, 5.41) is 8.74. The van der Waals surface area contributed by atoms with Crippen molar-refractivity contribution in [3.05, 3.63) is 35.1 Å². The van der Waals surface area contributed by atoms with Crippen LogP contribution in [0.25, 0.3) is 0 Å². The molecule has 0 spiro atoms. The molecule has 0 bridgehead atoms. The van der Waals surface area contributed by atoms with Gasteiger partial charge < -0.3 is 14.9 Å². The lowest BCUT2D eigenvalue weighted by Gasteiger charge is -2.32. The maximum atomic E-state index is 13.4. The topological polar surface area (TPSA) is 43.8 Å².